The number of carbonyl (C=O) groups is 1. The lowest BCUT2D eigenvalue weighted by Crippen LogP contribution is -2.32. The van der Waals surface area contributed by atoms with Crippen molar-refractivity contribution in [1.29, 1.82) is 0 Å². The van der Waals surface area contributed by atoms with Crippen LogP contribution in [0, 0.1) is 6.92 Å². The molecule has 138 valence electrons. The summed E-state index contributed by atoms with van der Waals surface area (Å²) in [6.45, 7) is 2.66. The van der Waals surface area contributed by atoms with Crippen LogP contribution in [-0.4, -0.2) is 22.3 Å². The fourth-order valence-corrected chi connectivity index (χ4v) is 4.08. The quantitative estimate of drug-likeness (QED) is 0.569. The zero-order valence-corrected chi connectivity index (χ0v) is 16.8. The van der Waals surface area contributed by atoms with Crippen LogP contribution < -0.4 is 0 Å². The first-order valence-electron chi connectivity index (χ1n) is 9.18. The molecule has 2 aromatic carbocycles. The van der Waals surface area contributed by atoms with E-state index in [1.54, 1.807) is 0 Å². The van der Waals surface area contributed by atoms with E-state index in [0.717, 1.165) is 35.1 Å². The largest absolute Gasteiger partial charge is 0.441 e. The number of hydrogen-bond donors (Lipinski definition) is 0. The van der Waals surface area contributed by atoms with Crippen LogP contribution in [0.3, 0.4) is 0 Å². The summed E-state index contributed by atoms with van der Waals surface area (Å²) < 4.78 is 6.84. The molecule has 1 atom stereocenters. The maximum Gasteiger partial charge on any atom is 0.229 e. The fourth-order valence-electron chi connectivity index (χ4n) is 3.67. The number of aromatic nitrogens is 1. The van der Waals surface area contributed by atoms with Crippen LogP contribution in [0.5, 0.6) is 0 Å². The summed E-state index contributed by atoms with van der Waals surface area (Å²) in [6, 6.07) is 18.1. The lowest BCUT2D eigenvalue weighted by atomic mass is 10.0. The molecular formula is C22H21BrN2O2. The summed E-state index contributed by atoms with van der Waals surface area (Å²) in [4.78, 5) is 19.6. The standard InChI is InChI=1S/C22H21BrN2O2/c1-15-19(24-22(27-15)16-7-3-2-4-8-16)14-21(26)25-12-6-11-20(25)17-9-5-10-18(23)13-17/h2-5,7-10,13,20H,6,11-12,14H2,1H3. The second-order valence-corrected chi connectivity index (χ2v) is 7.78. The van der Waals surface area contributed by atoms with Gasteiger partial charge in [-0.05, 0) is 49.6 Å². The van der Waals surface area contributed by atoms with Crippen molar-refractivity contribution in [2.24, 2.45) is 0 Å². The molecule has 0 aliphatic carbocycles. The minimum atomic E-state index is 0.105. The van der Waals surface area contributed by atoms with Gasteiger partial charge >= 0.3 is 0 Å². The maximum absolute atomic E-state index is 13.0. The van der Waals surface area contributed by atoms with E-state index >= 15 is 0 Å². The van der Waals surface area contributed by atoms with Crippen LogP contribution in [0.4, 0.5) is 0 Å². The summed E-state index contributed by atoms with van der Waals surface area (Å²) in [6.07, 6.45) is 2.29. The molecule has 1 aliphatic rings. The van der Waals surface area contributed by atoms with Crippen LogP contribution in [-0.2, 0) is 11.2 Å². The van der Waals surface area contributed by atoms with E-state index < -0.39 is 0 Å². The average Bonchev–Trinajstić information content (AvgIpc) is 3.30. The molecule has 27 heavy (non-hydrogen) atoms. The lowest BCUT2D eigenvalue weighted by Gasteiger charge is -2.25. The van der Waals surface area contributed by atoms with E-state index in [1.165, 1.54) is 5.56 Å². The Morgan fingerprint density at radius 1 is 1.22 bits per heavy atom. The highest BCUT2D eigenvalue weighted by molar-refractivity contribution is 9.10. The molecule has 1 amide bonds. The minimum Gasteiger partial charge on any atom is -0.441 e. The van der Waals surface area contributed by atoms with Gasteiger partial charge in [-0.15, -0.1) is 0 Å². The molecule has 2 heterocycles. The van der Waals surface area contributed by atoms with Crippen molar-refractivity contribution >= 4 is 21.8 Å². The van der Waals surface area contributed by atoms with Crippen molar-refractivity contribution in [3.63, 3.8) is 0 Å². The highest BCUT2D eigenvalue weighted by Gasteiger charge is 2.30. The van der Waals surface area contributed by atoms with Crippen LogP contribution >= 0.6 is 15.9 Å². The SMILES string of the molecule is Cc1oc(-c2ccccc2)nc1CC(=O)N1CCCC1c1cccc(Br)c1. The first kappa shape index (κ1) is 18.0. The molecule has 1 aliphatic heterocycles. The molecule has 1 unspecified atom stereocenters. The smallest absolute Gasteiger partial charge is 0.229 e. The summed E-state index contributed by atoms with van der Waals surface area (Å²) >= 11 is 3.53. The molecule has 5 heteroatoms. The van der Waals surface area contributed by atoms with Gasteiger partial charge in [-0.3, -0.25) is 4.79 Å². The maximum atomic E-state index is 13.0. The predicted octanol–water partition coefficient (Wildman–Crippen LogP) is 5.32. The number of halogens is 1. The summed E-state index contributed by atoms with van der Waals surface area (Å²) in [7, 11) is 0. The average molecular weight is 425 g/mol. The van der Waals surface area contributed by atoms with Gasteiger partial charge in [-0.1, -0.05) is 46.3 Å². The molecule has 0 bridgehead atoms. The minimum absolute atomic E-state index is 0.105. The van der Waals surface area contributed by atoms with Crippen LogP contribution in [0.15, 0.2) is 63.5 Å². The first-order valence-corrected chi connectivity index (χ1v) is 9.98. The number of carbonyl (C=O) groups excluding carboxylic acids is 1. The second-order valence-electron chi connectivity index (χ2n) is 6.86. The van der Waals surface area contributed by atoms with E-state index in [4.69, 9.17) is 4.42 Å². The van der Waals surface area contributed by atoms with Crippen molar-refractivity contribution in [3.05, 3.63) is 76.1 Å². The zero-order valence-electron chi connectivity index (χ0n) is 15.2. The Labute approximate surface area is 167 Å². The zero-order chi connectivity index (χ0) is 18.8. The van der Waals surface area contributed by atoms with Gasteiger partial charge in [0, 0.05) is 16.6 Å². The van der Waals surface area contributed by atoms with Gasteiger partial charge in [0.05, 0.1) is 18.2 Å². The normalized spacial score (nSPS) is 16.7. The van der Waals surface area contributed by atoms with E-state index in [9.17, 15) is 4.79 Å². The number of hydrogen-bond acceptors (Lipinski definition) is 3. The third-order valence-corrected chi connectivity index (χ3v) is 5.53. The Kier molecular flexibility index (Phi) is 5.12. The third-order valence-electron chi connectivity index (χ3n) is 5.04. The molecule has 0 spiro atoms. The topological polar surface area (TPSA) is 46.3 Å². The van der Waals surface area contributed by atoms with E-state index in [1.807, 2.05) is 54.3 Å². The van der Waals surface area contributed by atoms with Crippen molar-refractivity contribution in [2.75, 3.05) is 6.54 Å². The van der Waals surface area contributed by atoms with Crippen molar-refractivity contribution < 1.29 is 9.21 Å². The van der Waals surface area contributed by atoms with E-state index in [0.29, 0.717) is 11.7 Å². The van der Waals surface area contributed by atoms with Crippen molar-refractivity contribution in [2.45, 2.75) is 32.2 Å². The summed E-state index contributed by atoms with van der Waals surface area (Å²) in [5, 5.41) is 0. The molecule has 0 radical (unpaired) electrons. The number of nitrogens with zero attached hydrogens (tertiary/aromatic N) is 2. The number of amides is 1. The van der Waals surface area contributed by atoms with Gasteiger partial charge in [-0.2, -0.15) is 0 Å². The molecule has 1 aromatic heterocycles. The Morgan fingerprint density at radius 3 is 2.81 bits per heavy atom. The highest BCUT2D eigenvalue weighted by atomic mass is 79.9. The van der Waals surface area contributed by atoms with Gasteiger partial charge < -0.3 is 9.32 Å². The van der Waals surface area contributed by atoms with Crippen LogP contribution in [0.1, 0.15) is 35.9 Å². The predicted molar refractivity (Wildman–Crippen MR) is 108 cm³/mol. The summed E-state index contributed by atoms with van der Waals surface area (Å²) in [5.74, 6) is 1.38. The van der Waals surface area contributed by atoms with Crippen molar-refractivity contribution in [1.82, 2.24) is 9.88 Å². The third kappa shape index (κ3) is 3.83. The molecular weight excluding hydrogens is 404 g/mol. The molecule has 4 nitrogen and oxygen atoms in total. The van der Waals surface area contributed by atoms with Gasteiger partial charge in [0.15, 0.2) is 0 Å². The summed E-state index contributed by atoms with van der Waals surface area (Å²) in [5.41, 5.74) is 2.82. The molecule has 1 saturated heterocycles. The Morgan fingerprint density at radius 2 is 2.04 bits per heavy atom. The molecule has 0 saturated carbocycles. The number of aryl methyl sites for hydroxylation is 1. The number of likely N-dealkylation sites (tertiary alicyclic amines) is 1. The number of rotatable bonds is 4. The van der Waals surface area contributed by atoms with Gasteiger partial charge in [0.1, 0.15) is 5.76 Å². The monoisotopic (exact) mass is 424 g/mol. The van der Waals surface area contributed by atoms with Crippen LogP contribution in [0.25, 0.3) is 11.5 Å². The van der Waals surface area contributed by atoms with Gasteiger partial charge in [-0.25, -0.2) is 4.98 Å². The molecule has 4 rings (SSSR count). The van der Waals surface area contributed by atoms with E-state index in [2.05, 4.69) is 33.0 Å². The Hall–Kier alpha value is -2.40. The second kappa shape index (κ2) is 7.69. The number of benzene rings is 2. The molecule has 1 fully saturated rings. The lowest BCUT2D eigenvalue weighted by molar-refractivity contribution is -0.131. The van der Waals surface area contributed by atoms with Gasteiger partial charge in [0.2, 0.25) is 11.8 Å². The highest BCUT2D eigenvalue weighted by Crippen LogP contribution is 2.34. The molecule has 0 N–H and O–H groups in total. The van der Waals surface area contributed by atoms with E-state index in [-0.39, 0.29) is 18.4 Å². The molecule has 3 aromatic rings. The fraction of sp³-hybridized carbons (Fsp3) is 0.273. The Balaban J connectivity index is 1.53. The van der Waals surface area contributed by atoms with Crippen LogP contribution in [0.2, 0.25) is 0 Å². The Bertz CT molecular complexity index is 952. The number of oxazole rings is 1. The first-order chi connectivity index (χ1) is 13.1. The van der Waals surface area contributed by atoms with Crippen molar-refractivity contribution in [3.8, 4) is 11.5 Å². The van der Waals surface area contributed by atoms with Gasteiger partial charge in [0.25, 0.3) is 0 Å².